The minimum Gasteiger partial charge on any atom is -0.455 e. The van der Waals surface area contributed by atoms with Crippen LogP contribution in [0, 0.1) is 13.8 Å². The number of hydrogen-bond donors (Lipinski definition) is 0. The molecule has 1 aromatic rings. The van der Waals surface area contributed by atoms with Gasteiger partial charge in [0.15, 0.2) is 10.9 Å². The van der Waals surface area contributed by atoms with Gasteiger partial charge in [0.2, 0.25) is 0 Å². The molecule has 0 bridgehead atoms. The van der Waals surface area contributed by atoms with Crippen LogP contribution in [0.3, 0.4) is 0 Å². The second-order valence-corrected chi connectivity index (χ2v) is 3.44. The van der Waals surface area contributed by atoms with Crippen molar-refractivity contribution in [3.05, 3.63) is 29.7 Å². The molecule has 0 spiro atoms. The van der Waals surface area contributed by atoms with Crippen LogP contribution in [0.2, 0.25) is 0 Å². The Morgan fingerprint density at radius 2 is 2.07 bits per heavy atom. The molecule has 14 heavy (non-hydrogen) atoms. The highest BCUT2D eigenvalue weighted by molar-refractivity contribution is 7.80. The van der Waals surface area contributed by atoms with Crippen LogP contribution in [-0.4, -0.2) is 10.0 Å². The van der Waals surface area contributed by atoms with Gasteiger partial charge in [-0.1, -0.05) is 0 Å². The van der Waals surface area contributed by atoms with Crippen LogP contribution in [-0.2, 0) is 4.74 Å². The highest BCUT2D eigenvalue weighted by Crippen LogP contribution is 2.09. The van der Waals surface area contributed by atoms with Crippen LogP contribution in [0.5, 0.6) is 0 Å². The molecule has 1 aromatic heterocycles. The Bertz CT molecular complexity index is 338. The van der Waals surface area contributed by atoms with E-state index in [0.29, 0.717) is 5.05 Å². The zero-order valence-electron chi connectivity index (χ0n) is 8.53. The fraction of sp³-hybridized carbons (Fsp3) is 0.400. The van der Waals surface area contributed by atoms with Crippen molar-refractivity contribution in [3.8, 4) is 0 Å². The molecule has 2 heterocycles. The predicted octanol–water partition coefficient (Wildman–Crippen LogP) is 2.93. The van der Waals surface area contributed by atoms with Gasteiger partial charge in [-0.05, 0) is 32.1 Å². The van der Waals surface area contributed by atoms with Gasteiger partial charge in [-0.3, -0.25) is 0 Å². The number of oxazole rings is 1. The standard InChI is InChI=1S/C5H7NO.C5H6OS/c1-4-3-6-5(2)7-4;1-4-2-3-5(7)6-4/h3H,1-2H3;2H,3H2,1H3. The van der Waals surface area contributed by atoms with Gasteiger partial charge in [-0.2, -0.15) is 0 Å². The molecule has 0 saturated heterocycles. The second-order valence-electron chi connectivity index (χ2n) is 2.98. The summed E-state index contributed by atoms with van der Waals surface area (Å²) in [4.78, 5) is 3.85. The Morgan fingerprint density at radius 1 is 1.36 bits per heavy atom. The van der Waals surface area contributed by atoms with E-state index in [-0.39, 0.29) is 0 Å². The minimum atomic E-state index is 0.692. The number of hydrogen-bond acceptors (Lipinski definition) is 4. The Kier molecular flexibility index (Phi) is 3.83. The highest BCUT2D eigenvalue weighted by Gasteiger charge is 2.03. The summed E-state index contributed by atoms with van der Waals surface area (Å²) in [6, 6.07) is 0. The lowest BCUT2D eigenvalue weighted by atomic mass is 10.4. The zero-order valence-corrected chi connectivity index (χ0v) is 9.35. The Morgan fingerprint density at radius 3 is 2.21 bits per heavy atom. The van der Waals surface area contributed by atoms with Gasteiger partial charge >= 0.3 is 0 Å². The molecule has 0 unspecified atom stereocenters. The van der Waals surface area contributed by atoms with E-state index < -0.39 is 0 Å². The van der Waals surface area contributed by atoms with Crippen molar-refractivity contribution in [2.75, 3.05) is 0 Å². The third kappa shape index (κ3) is 3.70. The molecule has 0 saturated carbocycles. The van der Waals surface area contributed by atoms with E-state index in [4.69, 9.17) is 21.4 Å². The van der Waals surface area contributed by atoms with E-state index in [1.165, 1.54) is 0 Å². The first-order valence-corrected chi connectivity index (χ1v) is 4.75. The van der Waals surface area contributed by atoms with Crippen LogP contribution in [0.1, 0.15) is 25.0 Å². The lowest BCUT2D eigenvalue weighted by Crippen LogP contribution is -1.86. The number of nitrogens with zero attached hydrogens (tertiary/aromatic N) is 1. The van der Waals surface area contributed by atoms with E-state index >= 15 is 0 Å². The summed E-state index contributed by atoms with van der Waals surface area (Å²) in [6.45, 7) is 5.60. The van der Waals surface area contributed by atoms with E-state index in [2.05, 4.69) is 4.98 Å². The Hall–Kier alpha value is -1.16. The summed E-state index contributed by atoms with van der Waals surface area (Å²) >= 11 is 4.72. The van der Waals surface area contributed by atoms with Gasteiger partial charge in [0, 0.05) is 13.3 Å². The first-order valence-electron chi connectivity index (χ1n) is 4.34. The van der Waals surface area contributed by atoms with Crippen molar-refractivity contribution in [1.82, 2.24) is 4.98 Å². The van der Waals surface area contributed by atoms with Gasteiger partial charge in [0.1, 0.15) is 5.76 Å². The maximum absolute atomic E-state index is 4.97. The topological polar surface area (TPSA) is 35.3 Å². The molecule has 3 nitrogen and oxygen atoms in total. The lowest BCUT2D eigenvalue weighted by molar-refractivity contribution is 0.440. The normalized spacial score (nSPS) is 14.2. The summed E-state index contributed by atoms with van der Waals surface area (Å²) < 4.78 is 9.93. The van der Waals surface area contributed by atoms with Gasteiger partial charge in [0.05, 0.1) is 12.0 Å². The Balaban J connectivity index is 0.000000140. The van der Waals surface area contributed by atoms with E-state index in [1.54, 1.807) is 6.20 Å². The molecule has 0 amide bonds. The molecule has 4 heteroatoms. The van der Waals surface area contributed by atoms with Gasteiger partial charge in [-0.15, -0.1) is 0 Å². The maximum Gasteiger partial charge on any atom is 0.191 e. The number of thiocarbonyl (C=S) groups is 1. The van der Waals surface area contributed by atoms with E-state index in [1.807, 2.05) is 26.8 Å². The summed E-state index contributed by atoms with van der Waals surface area (Å²) in [5.74, 6) is 2.54. The number of aromatic nitrogens is 1. The van der Waals surface area contributed by atoms with E-state index in [9.17, 15) is 0 Å². The molecule has 0 radical (unpaired) electrons. The fourth-order valence-electron chi connectivity index (χ4n) is 0.957. The van der Waals surface area contributed by atoms with Crippen molar-refractivity contribution < 1.29 is 9.15 Å². The largest absolute Gasteiger partial charge is 0.455 e. The third-order valence-electron chi connectivity index (χ3n) is 1.57. The average molecular weight is 211 g/mol. The van der Waals surface area contributed by atoms with E-state index in [0.717, 1.165) is 23.8 Å². The summed E-state index contributed by atoms with van der Waals surface area (Å²) in [6.07, 6.45) is 4.50. The number of rotatable bonds is 0. The van der Waals surface area contributed by atoms with Crippen LogP contribution in [0.15, 0.2) is 22.4 Å². The summed E-state index contributed by atoms with van der Waals surface area (Å²) in [5, 5.41) is 0.692. The zero-order chi connectivity index (χ0) is 10.6. The van der Waals surface area contributed by atoms with Crippen LogP contribution in [0.4, 0.5) is 0 Å². The average Bonchev–Trinajstić information content (AvgIpc) is 2.63. The van der Waals surface area contributed by atoms with Crippen LogP contribution in [0.25, 0.3) is 0 Å². The van der Waals surface area contributed by atoms with Crippen LogP contribution < -0.4 is 0 Å². The minimum absolute atomic E-state index is 0.692. The summed E-state index contributed by atoms with van der Waals surface area (Å²) in [7, 11) is 0. The molecule has 2 rings (SSSR count). The molecule has 0 fully saturated rings. The third-order valence-corrected chi connectivity index (χ3v) is 1.82. The Labute approximate surface area is 88.8 Å². The summed E-state index contributed by atoms with van der Waals surface area (Å²) in [5.41, 5.74) is 0. The van der Waals surface area contributed by atoms with Crippen molar-refractivity contribution in [1.29, 1.82) is 0 Å². The molecule has 1 aliphatic heterocycles. The first kappa shape index (κ1) is 10.9. The van der Waals surface area contributed by atoms with Gasteiger partial charge in [-0.25, -0.2) is 4.98 Å². The van der Waals surface area contributed by atoms with Gasteiger partial charge in [0.25, 0.3) is 0 Å². The maximum atomic E-state index is 4.97. The molecule has 0 N–H and O–H groups in total. The van der Waals surface area contributed by atoms with Gasteiger partial charge < -0.3 is 9.15 Å². The van der Waals surface area contributed by atoms with Crippen molar-refractivity contribution >= 4 is 17.3 Å². The molecule has 0 atom stereocenters. The van der Waals surface area contributed by atoms with Crippen molar-refractivity contribution in [2.45, 2.75) is 27.2 Å². The molecule has 0 aliphatic carbocycles. The number of allylic oxidation sites excluding steroid dienone is 1. The molecular formula is C10H13NO2S. The van der Waals surface area contributed by atoms with Crippen LogP contribution >= 0.6 is 12.2 Å². The predicted molar refractivity (Wildman–Crippen MR) is 58.0 cm³/mol. The van der Waals surface area contributed by atoms with Crippen molar-refractivity contribution in [3.63, 3.8) is 0 Å². The molecular weight excluding hydrogens is 198 g/mol. The number of ether oxygens (including phenoxy) is 1. The smallest absolute Gasteiger partial charge is 0.191 e. The monoisotopic (exact) mass is 211 g/mol. The molecule has 0 aromatic carbocycles. The second kappa shape index (κ2) is 4.91. The molecule has 76 valence electrons. The lowest BCUT2D eigenvalue weighted by Gasteiger charge is -1.91. The van der Waals surface area contributed by atoms with Crippen molar-refractivity contribution in [2.24, 2.45) is 0 Å². The quantitative estimate of drug-likeness (QED) is 0.618. The highest BCUT2D eigenvalue weighted by atomic mass is 32.1. The number of aryl methyl sites for hydroxylation is 2. The fourth-order valence-corrected chi connectivity index (χ4v) is 1.17. The molecule has 1 aliphatic rings. The first-order chi connectivity index (χ1) is 6.58. The SMILES string of the molecule is CC1=CCC(=S)O1.Cc1cnc(C)o1.